The molecule has 1 aliphatic rings. The molecule has 0 aromatic heterocycles. The van der Waals surface area contributed by atoms with Crippen LogP contribution in [0.25, 0.3) is 11.3 Å². The van der Waals surface area contributed by atoms with E-state index in [0.717, 1.165) is 23.3 Å². The molecule has 0 unspecified atom stereocenters. The van der Waals surface area contributed by atoms with Crippen molar-refractivity contribution >= 4 is 25.6 Å². The molecule has 30 heavy (non-hydrogen) atoms. The monoisotopic (exact) mass is 424 g/mol. The van der Waals surface area contributed by atoms with Crippen molar-refractivity contribution in [3.63, 3.8) is 0 Å². The van der Waals surface area contributed by atoms with E-state index in [0.29, 0.717) is 6.61 Å². The Morgan fingerprint density at radius 2 is 1.90 bits per heavy atom. The van der Waals surface area contributed by atoms with E-state index < -0.39 is 8.32 Å². The Balaban J connectivity index is 2.30. The number of hydrogen-bond donors (Lipinski definition) is 0. The number of carbonyl (C=O) groups excluding carboxylic acids is 1. The Bertz CT molecular complexity index is 909. The van der Waals surface area contributed by atoms with Crippen molar-refractivity contribution in [3.8, 4) is 0 Å². The molecule has 3 nitrogen and oxygen atoms in total. The third-order valence-corrected chi connectivity index (χ3v) is 5.85. The van der Waals surface area contributed by atoms with Crippen molar-refractivity contribution in [2.75, 3.05) is 6.61 Å². The van der Waals surface area contributed by atoms with Gasteiger partial charge in [0, 0.05) is 11.6 Å². The maximum Gasteiger partial charge on any atom is 0.330 e. The van der Waals surface area contributed by atoms with Crippen LogP contribution < -0.4 is 0 Å². The molecule has 1 aromatic rings. The molecule has 0 aliphatic heterocycles. The Morgan fingerprint density at radius 1 is 1.20 bits per heavy atom. The van der Waals surface area contributed by atoms with Crippen LogP contribution in [0.3, 0.4) is 0 Å². The average Bonchev–Trinajstić information content (AvgIpc) is 2.63. The zero-order valence-electron chi connectivity index (χ0n) is 19.8. The fraction of sp³-hybridized carbons (Fsp3) is 0.423. The first-order valence-corrected chi connectivity index (χ1v) is 14.1. The lowest BCUT2D eigenvalue weighted by molar-refractivity contribution is -0.137. The van der Waals surface area contributed by atoms with Crippen molar-refractivity contribution in [1.29, 1.82) is 0 Å². The predicted molar refractivity (Wildman–Crippen MR) is 130 cm³/mol. The molecular formula is C26H36O3Si. The third kappa shape index (κ3) is 6.59. The van der Waals surface area contributed by atoms with Gasteiger partial charge in [0.2, 0.25) is 8.32 Å². The van der Waals surface area contributed by atoms with Crippen LogP contribution in [-0.2, 0) is 19.4 Å². The molecule has 4 heteroatoms. The van der Waals surface area contributed by atoms with Crippen LogP contribution >= 0.6 is 0 Å². The summed E-state index contributed by atoms with van der Waals surface area (Å²) in [6.07, 6.45) is 10.7. The highest BCUT2D eigenvalue weighted by molar-refractivity contribution is 6.70. The molecule has 0 amide bonds. The number of hydrogen-bond acceptors (Lipinski definition) is 3. The minimum Gasteiger partial charge on any atom is -0.544 e. The van der Waals surface area contributed by atoms with Gasteiger partial charge in [-0.1, -0.05) is 44.2 Å². The first-order chi connectivity index (χ1) is 13.9. The molecule has 0 saturated carbocycles. The largest absolute Gasteiger partial charge is 0.544 e. The Kier molecular flexibility index (Phi) is 7.70. The maximum absolute atomic E-state index is 11.5. The molecular weight excluding hydrogens is 388 g/mol. The lowest BCUT2D eigenvalue weighted by Gasteiger charge is -2.34. The third-order valence-electron chi connectivity index (χ3n) is 5.02. The summed E-state index contributed by atoms with van der Waals surface area (Å²) < 4.78 is 11.4. The Hall–Kier alpha value is -2.33. The van der Waals surface area contributed by atoms with E-state index in [1.54, 1.807) is 6.92 Å². The van der Waals surface area contributed by atoms with Gasteiger partial charge in [0.25, 0.3) is 0 Å². The molecule has 1 aliphatic carbocycles. The number of rotatable bonds is 7. The minimum absolute atomic E-state index is 0.104. The number of fused-ring (bicyclic) bond motifs is 1. The number of carbonyl (C=O) groups is 1. The van der Waals surface area contributed by atoms with Crippen LogP contribution in [0.2, 0.25) is 19.6 Å². The minimum atomic E-state index is -1.70. The summed E-state index contributed by atoms with van der Waals surface area (Å²) in [5.74, 6) is 0.723. The van der Waals surface area contributed by atoms with Gasteiger partial charge in [-0.05, 0) is 86.7 Å². The molecule has 0 fully saturated rings. The number of esters is 1. The predicted octanol–water partition coefficient (Wildman–Crippen LogP) is 7.03. The molecule has 0 spiro atoms. The van der Waals surface area contributed by atoms with Crippen LogP contribution in [0.4, 0.5) is 0 Å². The maximum atomic E-state index is 11.5. The van der Waals surface area contributed by atoms with Gasteiger partial charge in [-0.25, -0.2) is 4.79 Å². The normalized spacial score (nSPS) is 16.9. The molecule has 0 heterocycles. The van der Waals surface area contributed by atoms with Crippen molar-refractivity contribution in [2.24, 2.45) is 0 Å². The topological polar surface area (TPSA) is 35.5 Å². The molecule has 0 atom stereocenters. The molecule has 162 valence electrons. The Morgan fingerprint density at radius 3 is 2.53 bits per heavy atom. The standard InChI is InChI=1S/C26H36O3Si/c1-9-28-25(27)17-19(2)11-10-12-20(3)21-13-14-23-22(18-21)24(29-30(6,7)8)15-16-26(23,4)5/h10-15,17-18H,9,16H2,1-8H3/b11-10+,19-17-,20-12+. The second kappa shape index (κ2) is 9.65. The summed E-state index contributed by atoms with van der Waals surface area (Å²) >= 11 is 0. The lowest BCUT2D eigenvalue weighted by atomic mass is 9.74. The van der Waals surface area contributed by atoms with E-state index >= 15 is 0 Å². The van der Waals surface area contributed by atoms with E-state index in [4.69, 9.17) is 9.16 Å². The van der Waals surface area contributed by atoms with Crippen molar-refractivity contribution in [2.45, 2.75) is 66.1 Å². The van der Waals surface area contributed by atoms with Crippen LogP contribution in [0.1, 0.15) is 57.7 Å². The highest BCUT2D eigenvalue weighted by atomic mass is 28.4. The number of benzene rings is 1. The van der Waals surface area contributed by atoms with Crippen molar-refractivity contribution in [3.05, 3.63) is 70.8 Å². The molecule has 0 N–H and O–H groups in total. The second-order valence-corrected chi connectivity index (χ2v) is 13.9. The summed E-state index contributed by atoms with van der Waals surface area (Å²) in [7, 11) is -1.70. The first-order valence-electron chi connectivity index (χ1n) is 10.7. The van der Waals surface area contributed by atoms with Crippen LogP contribution in [-0.4, -0.2) is 20.9 Å². The van der Waals surface area contributed by atoms with Gasteiger partial charge < -0.3 is 9.16 Å². The zero-order valence-corrected chi connectivity index (χ0v) is 20.8. The van der Waals surface area contributed by atoms with E-state index in [2.05, 4.69) is 70.8 Å². The van der Waals surface area contributed by atoms with Crippen LogP contribution in [0.15, 0.2) is 54.2 Å². The average molecular weight is 425 g/mol. The van der Waals surface area contributed by atoms with Gasteiger partial charge in [-0.2, -0.15) is 0 Å². The molecule has 0 radical (unpaired) electrons. The van der Waals surface area contributed by atoms with Crippen molar-refractivity contribution < 1.29 is 14.0 Å². The molecule has 0 saturated heterocycles. The highest BCUT2D eigenvalue weighted by Gasteiger charge is 2.31. The zero-order chi connectivity index (χ0) is 22.5. The van der Waals surface area contributed by atoms with Gasteiger partial charge in [0.15, 0.2) is 0 Å². The van der Waals surface area contributed by atoms with Gasteiger partial charge >= 0.3 is 5.97 Å². The molecule has 1 aromatic carbocycles. The van der Waals surface area contributed by atoms with Crippen LogP contribution in [0, 0.1) is 0 Å². The van der Waals surface area contributed by atoms with E-state index in [-0.39, 0.29) is 11.4 Å². The number of ether oxygens (including phenoxy) is 1. The first kappa shape index (κ1) is 23.9. The van der Waals surface area contributed by atoms with Gasteiger partial charge in [-0.3, -0.25) is 0 Å². The Labute approximate surface area is 183 Å². The summed E-state index contributed by atoms with van der Waals surface area (Å²) in [5.41, 5.74) is 5.85. The van der Waals surface area contributed by atoms with E-state index in [1.807, 2.05) is 19.1 Å². The summed E-state index contributed by atoms with van der Waals surface area (Å²) in [6.45, 7) is 17.4. The van der Waals surface area contributed by atoms with Gasteiger partial charge in [0.05, 0.1) is 6.61 Å². The smallest absolute Gasteiger partial charge is 0.330 e. The summed E-state index contributed by atoms with van der Waals surface area (Å²) in [6, 6.07) is 6.69. The highest BCUT2D eigenvalue weighted by Crippen LogP contribution is 2.41. The molecule has 0 bridgehead atoms. The SMILES string of the molecule is CCOC(=O)\C=C(C)/C=C/C=C(\C)c1ccc2c(c1)C(O[Si](C)(C)C)=CCC2(C)C. The van der Waals surface area contributed by atoms with Crippen LogP contribution in [0.5, 0.6) is 0 Å². The lowest BCUT2D eigenvalue weighted by Crippen LogP contribution is -2.28. The van der Waals surface area contributed by atoms with E-state index in [1.165, 1.54) is 22.8 Å². The van der Waals surface area contributed by atoms with Crippen molar-refractivity contribution in [1.82, 2.24) is 0 Å². The summed E-state index contributed by atoms with van der Waals surface area (Å²) in [5, 5.41) is 0. The van der Waals surface area contributed by atoms with Gasteiger partial charge in [0.1, 0.15) is 5.76 Å². The molecule has 2 rings (SSSR count). The fourth-order valence-electron chi connectivity index (χ4n) is 3.44. The second-order valence-electron chi connectivity index (χ2n) is 9.48. The van der Waals surface area contributed by atoms with Gasteiger partial charge in [-0.15, -0.1) is 0 Å². The number of allylic oxidation sites excluding steroid dienone is 6. The quantitative estimate of drug-likeness (QED) is 0.204. The van der Waals surface area contributed by atoms with E-state index in [9.17, 15) is 4.79 Å². The fourth-order valence-corrected chi connectivity index (χ4v) is 4.29. The summed E-state index contributed by atoms with van der Waals surface area (Å²) in [4.78, 5) is 11.5.